The minimum absolute atomic E-state index is 0.284. The molecule has 0 bridgehead atoms. The van der Waals surface area contributed by atoms with Gasteiger partial charge >= 0.3 is 6.36 Å². The highest BCUT2D eigenvalue weighted by Crippen LogP contribution is 2.28. The molecule has 1 saturated carbocycles. The lowest BCUT2D eigenvalue weighted by molar-refractivity contribution is -0.345. The van der Waals surface area contributed by atoms with E-state index in [1.807, 2.05) is 6.92 Å². The van der Waals surface area contributed by atoms with Crippen molar-refractivity contribution in [2.24, 2.45) is 5.73 Å². The monoisotopic (exact) mass is 281 g/mol. The summed E-state index contributed by atoms with van der Waals surface area (Å²) in [5, 5.41) is 0. The molecule has 0 aromatic heterocycles. The van der Waals surface area contributed by atoms with E-state index in [0.717, 1.165) is 38.5 Å². The summed E-state index contributed by atoms with van der Waals surface area (Å²) in [6, 6.07) is 0. The van der Waals surface area contributed by atoms with E-state index in [1.165, 1.54) is 12.8 Å². The zero-order chi connectivity index (χ0) is 14.4. The van der Waals surface area contributed by atoms with E-state index in [-0.39, 0.29) is 6.42 Å². The highest BCUT2D eigenvalue weighted by Gasteiger charge is 2.35. The molecule has 19 heavy (non-hydrogen) atoms. The van der Waals surface area contributed by atoms with E-state index in [9.17, 15) is 13.2 Å². The molecule has 1 aliphatic carbocycles. The average Bonchev–Trinajstić information content (AvgIpc) is 2.22. The van der Waals surface area contributed by atoms with Crippen molar-refractivity contribution in [1.29, 1.82) is 0 Å². The first kappa shape index (κ1) is 16.8. The first-order valence-corrected chi connectivity index (χ1v) is 7.32. The summed E-state index contributed by atoms with van der Waals surface area (Å²) in [7, 11) is 0. The third-order valence-corrected chi connectivity index (χ3v) is 3.77. The van der Waals surface area contributed by atoms with Crippen LogP contribution in [0.1, 0.15) is 71.1 Å². The molecule has 0 heterocycles. The first-order valence-electron chi connectivity index (χ1n) is 7.32. The lowest BCUT2D eigenvalue weighted by atomic mass is 9.87. The van der Waals surface area contributed by atoms with Gasteiger partial charge in [0, 0.05) is 5.54 Å². The van der Waals surface area contributed by atoms with E-state index in [4.69, 9.17) is 5.73 Å². The highest BCUT2D eigenvalue weighted by atomic mass is 19.4. The number of rotatable bonds is 1. The molecule has 0 radical (unpaired) electrons. The van der Waals surface area contributed by atoms with Crippen LogP contribution in [-0.2, 0) is 4.74 Å². The fourth-order valence-corrected chi connectivity index (χ4v) is 2.80. The van der Waals surface area contributed by atoms with Gasteiger partial charge in [-0.2, -0.15) is 0 Å². The summed E-state index contributed by atoms with van der Waals surface area (Å²) >= 11 is 0. The third-order valence-electron chi connectivity index (χ3n) is 3.77. The van der Waals surface area contributed by atoms with Gasteiger partial charge in [-0.3, -0.25) is 4.74 Å². The van der Waals surface area contributed by atoms with Crippen LogP contribution in [0.4, 0.5) is 13.2 Å². The van der Waals surface area contributed by atoms with E-state index < -0.39 is 18.0 Å². The maximum absolute atomic E-state index is 12.4. The smallest absolute Gasteiger partial charge is 0.325 e. The van der Waals surface area contributed by atoms with Gasteiger partial charge in [0.25, 0.3) is 0 Å². The van der Waals surface area contributed by atoms with E-state index in [2.05, 4.69) is 4.74 Å². The number of hydrogen-bond acceptors (Lipinski definition) is 2. The molecule has 0 aromatic carbocycles. The molecule has 2 unspecified atom stereocenters. The van der Waals surface area contributed by atoms with Crippen molar-refractivity contribution >= 4 is 0 Å². The Morgan fingerprint density at radius 1 is 1.00 bits per heavy atom. The van der Waals surface area contributed by atoms with E-state index in [1.54, 1.807) is 0 Å². The second-order valence-corrected chi connectivity index (χ2v) is 6.06. The highest BCUT2D eigenvalue weighted by molar-refractivity contribution is 4.83. The molecule has 0 saturated heterocycles. The number of ether oxygens (including phenoxy) is 1. The second kappa shape index (κ2) is 7.48. The van der Waals surface area contributed by atoms with Crippen molar-refractivity contribution < 1.29 is 17.9 Å². The van der Waals surface area contributed by atoms with Crippen LogP contribution in [-0.4, -0.2) is 18.0 Å². The maximum Gasteiger partial charge on any atom is 0.522 e. The van der Waals surface area contributed by atoms with Crippen molar-refractivity contribution in [3.05, 3.63) is 0 Å². The molecule has 5 heteroatoms. The zero-order valence-corrected chi connectivity index (χ0v) is 11.8. The molecular formula is C14H26F3NO. The van der Waals surface area contributed by atoms with Crippen LogP contribution in [0.5, 0.6) is 0 Å². The zero-order valence-electron chi connectivity index (χ0n) is 11.8. The number of halogens is 3. The first-order chi connectivity index (χ1) is 8.79. The van der Waals surface area contributed by atoms with E-state index >= 15 is 0 Å². The molecule has 114 valence electrons. The molecule has 0 spiro atoms. The summed E-state index contributed by atoms with van der Waals surface area (Å²) in [5.74, 6) is 0. The standard InChI is InChI=1S/C14H26F3NO/c1-13(18)10-8-6-4-2-3-5-7-9-12(11-13)19-14(15,16)17/h12H,2-11,18H2,1H3. The van der Waals surface area contributed by atoms with Crippen LogP contribution in [0.25, 0.3) is 0 Å². The number of alkyl halides is 3. The molecule has 2 nitrogen and oxygen atoms in total. The molecule has 2 N–H and O–H groups in total. The van der Waals surface area contributed by atoms with Crippen LogP contribution in [0.2, 0.25) is 0 Å². The Hall–Kier alpha value is -0.290. The Bertz CT molecular complexity index is 254. The molecule has 1 rings (SSSR count). The van der Waals surface area contributed by atoms with Gasteiger partial charge in [0.05, 0.1) is 6.10 Å². The van der Waals surface area contributed by atoms with Crippen molar-refractivity contribution in [3.8, 4) is 0 Å². The van der Waals surface area contributed by atoms with Gasteiger partial charge in [0.15, 0.2) is 0 Å². The van der Waals surface area contributed by atoms with Crippen LogP contribution >= 0.6 is 0 Å². The summed E-state index contributed by atoms with van der Waals surface area (Å²) in [6.45, 7) is 1.84. The fraction of sp³-hybridized carbons (Fsp3) is 1.00. The summed E-state index contributed by atoms with van der Waals surface area (Å²) in [5.41, 5.74) is 5.56. The topological polar surface area (TPSA) is 35.2 Å². The predicted octanol–water partition coefficient (Wildman–Crippen LogP) is 4.52. The number of nitrogens with two attached hydrogens (primary N) is 1. The van der Waals surface area contributed by atoms with Gasteiger partial charge < -0.3 is 5.73 Å². The Labute approximate surface area is 113 Å². The van der Waals surface area contributed by atoms with E-state index in [0.29, 0.717) is 6.42 Å². The van der Waals surface area contributed by atoms with Gasteiger partial charge in [0.2, 0.25) is 0 Å². The molecule has 1 fully saturated rings. The van der Waals surface area contributed by atoms with Gasteiger partial charge in [0.1, 0.15) is 0 Å². The Kier molecular flexibility index (Phi) is 6.60. The minimum atomic E-state index is -4.56. The summed E-state index contributed by atoms with van der Waals surface area (Å²) < 4.78 is 41.4. The molecule has 2 atom stereocenters. The van der Waals surface area contributed by atoms with Crippen molar-refractivity contribution in [2.45, 2.75) is 89.1 Å². The lowest BCUT2D eigenvalue weighted by Crippen LogP contribution is -2.41. The molecule has 0 aromatic rings. The van der Waals surface area contributed by atoms with Crippen molar-refractivity contribution in [2.75, 3.05) is 0 Å². The van der Waals surface area contributed by atoms with Crippen molar-refractivity contribution in [3.63, 3.8) is 0 Å². The van der Waals surface area contributed by atoms with Crippen LogP contribution < -0.4 is 5.73 Å². The normalized spacial score (nSPS) is 32.4. The molecule has 0 aliphatic heterocycles. The van der Waals surface area contributed by atoms with Crippen LogP contribution in [0.15, 0.2) is 0 Å². The Morgan fingerprint density at radius 3 is 2.11 bits per heavy atom. The Morgan fingerprint density at radius 2 is 1.53 bits per heavy atom. The quantitative estimate of drug-likeness (QED) is 0.766. The largest absolute Gasteiger partial charge is 0.522 e. The SMILES string of the molecule is CC1(N)CCCCCCCCCC(OC(F)(F)F)C1. The second-order valence-electron chi connectivity index (χ2n) is 6.06. The lowest BCUT2D eigenvalue weighted by Gasteiger charge is -2.30. The van der Waals surface area contributed by atoms with Gasteiger partial charge in [-0.25, -0.2) is 0 Å². The van der Waals surface area contributed by atoms with Gasteiger partial charge in [-0.05, 0) is 26.2 Å². The predicted molar refractivity (Wildman–Crippen MR) is 69.7 cm³/mol. The maximum atomic E-state index is 12.4. The van der Waals surface area contributed by atoms with Gasteiger partial charge in [-0.15, -0.1) is 13.2 Å². The van der Waals surface area contributed by atoms with Gasteiger partial charge in [-0.1, -0.05) is 44.9 Å². The minimum Gasteiger partial charge on any atom is -0.325 e. The van der Waals surface area contributed by atoms with Crippen LogP contribution in [0, 0.1) is 0 Å². The average molecular weight is 281 g/mol. The number of hydrogen-bond donors (Lipinski definition) is 1. The third kappa shape index (κ3) is 8.47. The van der Waals surface area contributed by atoms with Crippen LogP contribution in [0.3, 0.4) is 0 Å². The fourth-order valence-electron chi connectivity index (χ4n) is 2.80. The molecular weight excluding hydrogens is 255 g/mol. The summed E-state index contributed by atoms with van der Waals surface area (Å²) in [4.78, 5) is 0. The summed E-state index contributed by atoms with van der Waals surface area (Å²) in [6.07, 6.45) is 3.53. The van der Waals surface area contributed by atoms with Crippen molar-refractivity contribution in [1.82, 2.24) is 0 Å². The molecule has 1 aliphatic rings. The molecule has 0 amide bonds. The Balaban J connectivity index is 2.57.